The average Bonchev–Trinajstić information content (AvgIpc) is 2.95. The lowest BCUT2D eigenvalue weighted by atomic mass is 10.3. The maximum Gasteiger partial charge on any atom is 0.332 e. The highest BCUT2D eigenvalue weighted by Gasteiger charge is 2.22. The molecule has 0 spiro atoms. The van der Waals surface area contributed by atoms with E-state index in [4.69, 9.17) is 4.74 Å². The van der Waals surface area contributed by atoms with Gasteiger partial charge in [-0.1, -0.05) is 12.8 Å². The van der Waals surface area contributed by atoms with Gasteiger partial charge in [0.25, 0.3) is 0 Å². The molecular weight excluding hydrogens is 274 g/mol. The van der Waals surface area contributed by atoms with Crippen LogP contribution in [-0.4, -0.2) is 41.2 Å². The zero-order chi connectivity index (χ0) is 15.2. The van der Waals surface area contributed by atoms with Gasteiger partial charge in [0, 0.05) is 13.6 Å². The molecular formula is C13H21N5O3. The third-order valence-electron chi connectivity index (χ3n) is 3.51. The van der Waals surface area contributed by atoms with Crippen molar-refractivity contribution in [3.63, 3.8) is 0 Å². The number of nitrogens with one attached hydrogen (secondary N) is 2. The number of aryl methyl sites for hydroxylation is 1. The highest BCUT2D eigenvalue weighted by molar-refractivity contribution is 5.60. The number of ether oxygens (including phenoxy) is 1. The Hall–Kier alpha value is -1.96. The first kappa shape index (κ1) is 15.4. The quantitative estimate of drug-likeness (QED) is 0.451. The summed E-state index contributed by atoms with van der Waals surface area (Å²) in [5.74, 6) is 0.587. The molecule has 0 aromatic carbocycles. The Balaban J connectivity index is 1.96. The molecule has 1 aliphatic carbocycles. The lowest BCUT2D eigenvalue weighted by molar-refractivity contribution is -0.385. The minimum Gasteiger partial charge on any atom is -0.376 e. The second kappa shape index (κ2) is 7.16. The lowest BCUT2D eigenvalue weighted by Gasteiger charge is -2.12. The number of hydrogen-bond acceptors (Lipinski definition) is 7. The topological polar surface area (TPSA) is 102 Å². The summed E-state index contributed by atoms with van der Waals surface area (Å²) in [5, 5.41) is 16.9. The van der Waals surface area contributed by atoms with Crippen molar-refractivity contribution in [2.45, 2.75) is 38.7 Å². The minimum absolute atomic E-state index is 0.0881. The summed E-state index contributed by atoms with van der Waals surface area (Å²) in [7, 11) is 1.67. The van der Waals surface area contributed by atoms with Gasteiger partial charge in [0.1, 0.15) is 5.69 Å². The minimum atomic E-state index is -0.463. The maximum atomic E-state index is 11.1. The van der Waals surface area contributed by atoms with Crippen LogP contribution in [-0.2, 0) is 4.74 Å². The normalized spacial score (nSPS) is 15.1. The van der Waals surface area contributed by atoms with Gasteiger partial charge >= 0.3 is 5.69 Å². The average molecular weight is 295 g/mol. The van der Waals surface area contributed by atoms with Crippen molar-refractivity contribution >= 4 is 17.5 Å². The molecule has 0 radical (unpaired) electrons. The van der Waals surface area contributed by atoms with Gasteiger partial charge in [-0.2, -0.15) is 4.98 Å². The van der Waals surface area contributed by atoms with Crippen LogP contribution in [0, 0.1) is 17.0 Å². The number of anilines is 2. The lowest BCUT2D eigenvalue weighted by Crippen LogP contribution is -2.17. The molecule has 0 unspecified atom stereocenters. The fourth-order valence-electron chi connectivity index (χ4n) is 2.47. The molecule has 21 heavy (non-hydrogen) atoms. The van der Waals surface area contributed by atoms with E-state index < -0.39 is 4.92 Å². The first-order chi connectivity index (χ1) is 10.1. The van der Waals surface area contributed by atoms with Crippen LogP contribution in [0.25, 0.3) is 0 Å². The molecule has 0 atom stereocenters. The Labute approximate surface area is 123 Å². The summed E-state index contributed by atoms with van der Waals surface area (Å²) in [6.07, 6.45) is 5.00. The van der Waals surface area contributed by atoms with Gasteiger partial charge in [-0.15, -0.1) is 0 Å². The third-order valence-corrected chi connectivity index (χ3v) is 3.51. The molecule has 1 aromatic heterocycles. The molecule has 0 aliphatic heterocycles. The number of aromatic nitrogens is 2. The Morgan fingerprint density at radius 1 is 1.38 bits per heavy atom. The third kappa shape index (κ3) is 4.01. The maximum absolute atomic E-state index is 11.1. The zero-order valence-corrected chi connectivity index (χ0v) is 12.4. The Morgan fingerprint density at radius 3 is 2.71 bits per heavy atom. The Morgan fingerprint density at radius 2 is 2.10 bits per heavy atom. The van der Waals surface area contributed by atoms with Crippen LogP contribution >= 0.6 is 0 Å². The van der Waals surface area contributed by atoms with Crippen LogP contribution in [0.15, 0.2) is 0 Å². The van der Waals surface area contributed by atoms with Gasteiger partial charge in [-0.25, -0.2) is 4.98 Å². The van der Waals surface area contributed by atoms with Crippen molar-refractivity contribution in [2.75, 3.05) is 30.8 Å². The van der Waals surface area contributed by atoms with Gasteiger partial charge in [0.05, 0.1) is 17.6 Å². The largest absolute Gasteiger partial charge is 0.376 e. The summed E-state index contributed by atoms with van der Waals surface area (Å²) in [4.78, 5) is 18.8. The molecule has 2 N–H and O–H groups in total. The van der Waals surface area contributed by atoms with Crippen molar-refractivity contribution in [1.29, 1.82) is 0 Å². The Kier molecular flexibility index (Phi) is 5.26. The van der Waals surface area contributed by atoms with Crippen molar-refractivity contribution in [1.82, 2.24) is 9.97 Å². The number of nitrogens with zero attached hydrogens (tertiary/aromatic N) is 3. The van der Waals surface area contributed by atoms with Crippen molar-refractivity contribution in [3.05, 3.63) is 15.8 Å². The first-order valence-corrected chi connectivity index (χ1v) is 7.18. The summed E-state index contributed by atoms with van der Waals surface area (Å²) >= 11 is 0. The molecule has 2 rings (SSSR count). The molecule has 1 saturated carbocycles. The van der Waals surface area contributed by atoms with Gasteiger partial charge in [-0.3, -0.25) is 10.1 Å². The van der Waals surface area contributed by atoms with Gasteiger partial charge in [0.15, 0.2) is 0 Å². The molecule has 8 heteroatoms. The monoisotopic (exact) mass is 295 g/mol. The molecule has 116 valence electrons. The van der Waals surface area contributed by atoms with E-state index in [9.17, 15) is 10.1 Å². The molecule has 1 aromatic rings. The van der Waals surface area contributed by atoms with E-state index in [1.807, 2.05) is 0 Å². The van der Waals surface area contributed by atoms with Crippen molar-refractivity contribution < 1.29 is 9.66 Å². The summed E-state index contributed by atoms with van der Waals surface area (Å²) < 4.78 is 5.72. The SMILES string of the molecule is CNc1nc(C)c([N+](=O)[O-])c(NCCOC2CCCC2)n1. The van der Waals surface area contributed by atoms with E-state index in [0.29, 0.717) is 30.9 Å². The fourth-order valence-corrected chi connectivity index (χ4v) is 2.47. The van der Waals surface area contributed by atoms with Crippen molar-refractivity contribution in [3.8, 4) is 0 Å². The molecule has 0 bridgehead atoms. The molecule has 1 heterocycles. The predicted molar refractivity (Wildman–Crippen MR) is 79.7 cm³/mol. The number of rotatable bonds is 7. The zero-order valence-electron chi connectivity index (χ0n) is 12.4. The van der Waals surface area contributed by atoms with E-state index >= 15 is 0 Å². The molecule has 1 fully saturated rings. The Bertz CT molecular complexity index is 503. The van der Waals surface area contributed by atoms with Crippen LogP contribution < -0.4 is 10.6 Å². The van der Waals surface area contributed by atoms with Crippen LogP contribution in [0.1, 0.15) is 31.4 Å². The molecule has 0 amide bonds. The van der Waals surface area contributed by atoms with Gasteiger partial charge in [-0.05, 0) is 19.8 Å². The van der Waals surface area contributed by atoms with Crippen LogP contribution in [0.3, 0.4) is 0 Å². The highest BCUT2D eigenvalue weighted by Crippen LogP contribution is 2.26. The standard InChI is InChI=1S/C13H21N5O3/c1-9-11(18(19)20)12(17-13(14-2)16-9)15-7-8-21-10-5-3-4-6-10/h10H,3-8H2,1-2H3,(H2,14,15,16,17). The summed E-state index contributed by atoms with van der Waals surface area (Å²) in [6, 6.07) is 0. The number of hydrogen-bond donors (Lipinski definition) is 2. The van der Waals surface area contributed by atoms with E-state index in [2.05, 4.69) is 20.6 Å². The van der Waals surface area contributed by atoms with Gasteiger partial charge in [0.2, 0.25) is 11.8 Å². The van der Waals surface area contributed by atoms with Crippen molar-refractivity contribution in [2.24, 2.45) is 0 Å². The highest BCUT2D eigenvalue weighted by atomic mass is 16.6. The number of nitro groups is 1. The van der Waals surface area contributed by atoms with Crippen LogP contribution in [0.4, 0.5) is 17.5 Å². The fraction of sp³-hybridized carbons (Fsp3) is 0.692. The van der Waals surface area contributed by atoms with Crippen LogP contribution in [0.5, 0.6) is 0 Å². The molecule has 8 nitrogen and oxygen atoms in total. The van der Waals surface area contributed by atoms with Crippen LogP contribution in [0.2, 0.25) is 0 Å². The predicted octanol–water partition coefficient (Wildman–Crippen LogP) is 2.11. The smallest absolute Gasteiger partial charge is 0.332 e. The summed E-state index contributed by atoms with van der Waals surface area (Å²) in [6.45, 7) is 2.59. The first-order valence-electron chi connectivity index (χ1n) is 7.18. The van der Waals surface area contributed by atoms with E-state index in [1.54, 1.807) is 14.0 Å². The van der Waals surface area contributed by atoms with Gasteiger partial charge < -0.3 is 15.4 Å². The second-order valence-corrected chi connectivity index (χ2v) is 5.04. The van der Waals surface area contributed by atoms with E-state index in [1.165, 1.54) is 12.8 Å². The summed E-state index contributed by atoms with van der Waals surface area (Å²) in [5.41, 5.74) is 0.244. The van der Waals surface area contributed by atoms with E-state index in [-0.39, 0.29) is 11.5 Å². The molecule has 1 aliphatic rings. The molecule has 0 saturated heterocycles. The van der Waals surface area contributed by atoms with E-state index in [0.717, 1.165) is 12.8 Å². The second-order valence-electron chi connectivity index (χ2n) is 5.04.